The molecule has 68 valence electrons. The molecule has 0 bridgehead atoms. The molecular formula is C7H5F2N3O. The van der Waals surface area contributed by atoms with Crippen molar-refractivity contribution >= 4 is 5.82 Å². The lowest BCUT2D eigenvalue weighted by Crippen LogP contribution is -2.05. The van der Waals surface area contributed by atoms with Crippen LogP contribution in [-0.4, -0.2) is 16.6 Å². The fraction of sp³-hybridized carbons (Fsp3) is 0.143. The van der Waals surface area contributed by atoms with Crippen LogP contribution < -0.4 is 5.48 Å². The highest BCUT2D eigenvalue weighted by Crippen LogP contribution is 2.04. The van der Waals surface area contributed by atoms with Crippen LogP contribution in [0.2, 0.25) is 0 Å². The Kier molecular flexibility index (Phi) is 3.11. The molecule has 4 nitrogen and oxygen atoms in total. The molecule has 13 heavy (non-hydrogen) atoms. The Labute approximate surface area is 72.9 Å². The molecular weight excluding hydrogens is 180 g/mol. The third-order valence-corrected chi connectivity index (χ3v) is 1.000. The Morgan fingerprint density at radius 1 is 1.54 bits per heavy atom. The van der Waals surface area contributed by atoms with E-state index in [-0.39, 0.29) is 12.4 Å². The third-order valence-electron chi connectivity index (χ3n) is 1.000. The molecule has 1 rings (SSSR count). The van der Waals surface area contributed by atoms with Gasteiger partial charge in [-0.05, 0) is 0 Å². The molecule has 0 saturated heterocycles. The Morgan fingerprint density at radius 3 is 2.92 bits per heavy atom. The van der Waals surface area contributed by atoms with Gasteiger partial charge in [0.2, 0.25) is 5.95 Å². The molecule has 1 aromatic heterocycles. The summed E-state index contributed by atoms with van der Waals surface area (Å²) in [5, 5.41) is 0. The van der Waals surface area contributed by atoms with Crippen molar-refractivity contribution in [3.05, 3.63) is 18.1 Å². The van der Waals surface area contributed by atoms with Crippen molar-refractivity contribution in [3.63, 3.8) is 0 Å². The van der Waals surface area contributed by atoms with E-state index in [2.05, 4.69) is 26.2 Å². The molecule has 0 aliphatic heterocycles. The summed E-state index contributed by atoms with van der Waals surface area (Å²) in [6, 6.07) is 0.875. The molecule has 0 aliphatic rings. The standard InChI is InChI=1S/C7H5F2N3O/c1-2-3-13-12-6-4-5(8)10-7(9)11-6/h1,4H,3H2,(H,10,11,12). The zero-order valence-electron chi connectivity index (χ0n) is 6.42. The van der Waals surface area contributed by atoms with Crippen molar-refractivity contribution in [3.8, 4) is 12.3 Å². The van der Waals surface area contributed by atoms with Crippen molar-refractivity contribution in [2.24, 2.45) is 0 Å². The zero-order valence-corrected chi connectivity index (χ0v) is 6.42. The molecule has 0 amide bonds. The summed E-state index contributed by atoms with van der Waals surface area (Å²) in [5.74, 6) is 1.04. The van der Waals surface area contributed by atoms with Crippen LogP contribution in [0.25, 0.3) is 0 Å². The minimum Gasteiger partial charge on any atom is -0.262 e. The fourth-order valence-corrected chi connectivity index (χ4v) is 0.594. The van der Waals surface area contributed by atoms with Gasteiger partial charge in [-0.2, -0.15) is 18.7 Å². The first-order chi connectivity index (χ1) is 6.22. The van der Waals surface area contributed by atoms with Gasteiger partial charge in [-0.1, -0.05) is 5.92 Å². The second-order valence-electron chi connectivity index (χ2n) is 1.94. The fourth-order valence-electron chi connectivity index (χ4n) is 0.594. The molecule has 0 spiro atoms. The Morgan fingerprint density at radius 2 is 2.31 bits per heavy atom. The van der Waals surface area contributed by atoms with Crippen LogP contribution in [0.3, 0.4) is 0 Å². The van der Waals surface area contributed by atoms with Gasteiger partial charge < -0.3 is 0 Å². The van der Waals surface area contributed by atoms with Gasteiger partial charge in [-0.25, -0.2) is 5.48 Å². The van der Waals surface area contributed by atoms with Crippen LogP contribution in [0.4, 0.5) is 14.6 Å². The average molecular weight is 185 g/mol. The quantitative estimate of drug-likeness (QED) is 0.248. The van der Waals surface area contributed by atoms with Gasteiger partial charge in [0.15, 0.2) is 5.82 Å². The highest BCUT2D eigenvalue weighted by molar-refractivity contribution is 5.29. The van der Waals surface area contributed by atoms with E-state index in [9.17, 15) is 8.78 Å². The number of rotatable bonds is 3. The monoisotopic (exact) mass is 185 g/mol. The minimum atomic E-state index is -1.17. The molecule has 0 fully saturated rings. The number of nitrogens with zero attached hydrogens (tertiary/aromatic N) is 2. The molecule has 1 aromatic rings. The van der Waals surface area contributed by atoms with E-state index < -0.39 is 12.0 Å². The van der Waals surface area contributed by atoms with Gasteiger partial charge in [0.1, 0.15) is 6.61 Å². The summed E-state index contributed by atoms with van der Waals surface area (Å²) in [7, 11) is 0. The van der Waals surface area contributed by atoms with Gasteiger partial charge in [0, 0.05) is 6.07 Å². The van der Waals surface area contributed by atoms with Gasteiger partial charge in [0.25, 0.3) is 0 Å². The van der Waals surface area contributed by atoms with Crippen LogP contribution in [0.1, 0.15) is 0 Å². The first kappa shape index (κ1) is 9.35. The lowest BCUT2D eigenvalue weighted by molar-refractivity contribution is 0.231. The van der Waals surface area contributed by atoms with E-state index >= 15 is 0 Å². The van der Waals surface area contributed by atoms with Crippen molar-refractivity contribution in [1.82, 2.24) is 9.97 Å². The smallest absolute Gasteiger partial charge is 0.262 e. The summed E-state index contributed by atoms with van der Waals surface area (Å²) in [4.78, 5) is 10.5. The van der Waals surface area contributed by atoms with Crippen molar-refractivity contribution in [2.75, 3.05) is 12.1 Å². The molecule has 0 radical (unpaired) electrons. The van der Waals surface area contributed by atoms with Gasteiger partial charge in [-0.3, -0.25) is 4.84 Å². The molecule has 0 atom stereocenters. The first-order valence-electron chi connectivity index (χ1n) is 3.23. The van der Waals surface area contributed by atoms with Gasteiger partial charge >= 0.3 is 6.08 Å². The molecule has 1 heterocycles. The molecule has 0 saturated carbocycles. The van der Waals surface area contributed by atoms with Gasteiger partial charge in [0.05, 0.1) is 0 Å². The highest BCUT2D eigenvalue weighted by atomic mass is 19.1. The number of hydrogen-bond acceptors (Lipinski definition) is 4. The van der Waals surface area contributed by atoms with Crippen LogP contribution in [-0.2, 0) is 4.84 Å². The Balaban J connectivity index is 2.62. The van der Waals surface area contributed by atoms with E-state index in [0.717, 1.165) is 6.07 Å². The predicted octanol–water partition coefficient (Wildman–Crippen LogP) is 0.731. The zero-order chi connectivity index (χ0) is 9.68. The number of nitrogens with one attached hydrogen (secondary N) is 1. The maximum Gasteiger partial charge on any atom is 0.313 e. The van der Waals surface area contributed by atoms with E-state index in [0.29, 0.717) is 0 Å². The summed E-state index contributed by atoms with van der Waals surface area (Å²) >= 11 is 0. The molecule has 6 heteroatoms. The molecule has 0 unspecified atom stereocenters. The van der Waals surface area contributed by atoms with E-state index in [1.165, 1.54) is 0 Å². The van der Waals surface area contributed by atoms with Crippen LogP contribution in [0.15, 0.2) is 6.07 Å². The van der Waals surface area contributed by atoms with Crippen LogP contribution in [0.5, 0.6) is 0 Å². The van der Waals surface area contributed by atoms with Crippen molar-refractivity contribution in [2.45, 2.75) is 0 Å². The lowest BCUT2D eigenvalue weighted by atomic mass is 10.6. The number of hydrogen-bond donors (Lipinski definition) is 1. The van der Waals surface area contributed by atoms with Crippen LogP contribution >= 0.6 is 0 Å². The topological polar surface area (TPSA) is 47.0 Å². The second-order valence-corrected chi connectivity index (χ2v) is 1.94. The largest absolute Gasteiger partial charge is 0.313 e. The van der Waals surface area contributed by atoms with Crippen LogP contribution in [0, 0.1) is 24.4 Å². The van der Waals surface area contributed by atoms with E-state index in [4.69, 9.17) is 6.42 Å². The maximum absolute atomic E-state index is 12.4. The Hall–Kier alpha value is -1.74. The number of aromatic nitrogens is 2. The summed E-state index contributed by atoms with van der Waals surface area (Å²) in [5.41, 5.74) is 2.15. The second kappa shape index (κ2) is 4.33. The maximum atomic E-state index is 12.4. The number of terminal acetylenes is 1. The van der Waals surface area contributed by atoms with Gasteiger partial charge in [-0.15, -0.1) is 6.42 Å². The summed E-state index contributed by atoms with van der Waals surface area (Å²) < 4.78 is 24.7. The number of halogens is 2. The number of anilines is 1. The van der Waals surface area contributed by atoms with Crippen molar-refractivity contribution in [1.29, 1.82) is 0 Å². The highest BCUT2D eigenvalue weighted by Gasteiger charge is 2.02. The predicted molar refractivity (Wildman–Crippen MR) is 40.4 cm³/mol. The van der Waals surface area contributed by atoms with E-state index in [1.54, 1.807) is 0 Å². The SMILES string of the molecule is C#CCONc1cc(F)nc(F)n1. The summed E-state index contributed by atoms with van der Waals surface area (Å²) in [6.07, 6.45) is 3.68. The van der Waals surface area contributed by atoms with E-state index in [1.807, 2.05) is 0 Å². The first-order valence-corrected chi connectivity index (χ1v) is 3.23. The molecule has 0 aromatic carbocycles. The molecule has 0 aliphatic carbocycles. The molecule has 1 N–H and O–H groups in total. The lowest BCUT2D eigenvalue weighted by Gasteiger charge is -2.02. The third kappa shape index (κ3) is 3.01. The summed E-state index contributed by atoms with van der Waals surface area (Å²) in [6.45, 7) is -0.0345. The normalized spacial score (nSPS) is 9.31. The Bertz CT molecular complexity index is 317. The van der Waals surface area contributed by atoms with Crippen molar-refractivity contribution < 1.29 is 13.6 Å². The minimum absolute atomic E-state index is 0.0345. The average Bonchev–Trinajstić information content (AvgIpc) is 2.03.